The molecule has 0 bridgehead atoms. The number of Topliss-reactive ketones (excluding diaryl/α,β-unsaturated/α-hetero) is 1. The summed E-state index contributed by atoms with van der Waals surface area (Å²) in [7, 11) is 0. The van der Waals surface area contributed by atoms with E-state index in [-0.39, 0.29) is 18.3 Å². The quantitative estimate of drug-likeness (QED) is 0.561. The fraction of sp³-hybridized carbons (Fsp3) is 0.333. The second-order valence-corrected chi connectivity index (χ2v) is 6.39. The normalized spacial score (nSPS) is 13.2. The van der Waals surface area contributed by atoms with Crippen molar-refractivity contribution in [2.24, 2.45) is 0 Å². The molecule has 1 amide bonds. The maximum Gasteiger partial charge on any atom is 0.265 e. The van der Waals surface area contributed by atoms with Gasteiger partial charge < -0.3 is 14.4 Å². The number of ketones is 1. The number of ether oxygens (including phenoxy) is 2. The Hall–Kier alpha value is -2.82. The second kappa shape index (κ2) is 8.04. The predicted octanol–water partition coefficient (Wildman–Crippen LogP) is 3.78. The number of unbranched alkanes of at least 4 members (excludes halogenated alkanes) is 1. The molecule has 1 aliphatic heterocycles. The fourth-order valence-electron chi connectivity index (χ4n) is 2.94. The highest BCUT2D eigenvalue weighted by molar-refractivity contribution is 6.01. The van der Waals surface area contributed by atoms with Gasteiger partial charge in [0.25, 0.3) is 5.91 Å². The minimum atomic E-state index is -0.0852. The molecule has 0 fully saturated rings. The lowest BCUT2D eigenvalue weighted by molar-refractivity contribution is -0.121. The maximum absolute atomic E-state index is 12.3. The average molecular weight is 353 g/mol. The molecule has 1 aliphatic rings. The Morgan fingerprint density at radius 1 is 1.19 bits per heavy atom. The SMILES string of the molecule is CC(=O)c1ccc2c(c1)N(CCCCOc1ccccc1C)C(=O)CO2. The summed E-state index contributed by atoms with van der Waals surface area (Å²) in [5.74, 6) is 1.42. The molecule has 0 aromatic heterocycles. The molecule has 0 spiro atoms. The number of benzene rings is 2. The largest absolute Gasteiger partial charge is 0.493 e. The van der Waals surface area contributed by atoms with Gasteiger partial charge in [0.15, 0.2) is 12.4 Å². The number of hydrogen-bond acceptors (Lipinski definition) is 4. The smallest absolute Gasteiger partial charge is 0.265 e. The number of para-hydroxylation sites is 1. The monoisotopic (exact) mass is 353 g/mol. The van der Waals surface area contributed by atoms with Crippen molar-refractivity contribution in [1.29, 1.82) is 0 Å². The lowest BCUT2D eigenvalue weighted by Crippen LogP contribution is -2.39. The third-order valence-corrected chi connectivity index (χ3v) is 4.44. The summed E-state index contributed by atoms with van der Waals surface area (Å²) in [5, 5.41) is 0. The van der Waals surface area contributed by atoms with Gasteiger partial charge in [-0.2, -0.15) is 0 Å². The van der Waals surface area contributed by atoms with E-state index in [1.165, 1.54) is 6.92 Å². The average Bonchev–Trinajstić information content (AvgIpc) is 2.64. The number of amides is 1. The van der Waals surface area contributed by atoms with Crippen molar-refractivity contribution in [2.45, 2.75) is 26.7 Å². The van der Waals surface area contributed by atoms with Crippen LogP contribution in [0.3, 0.4) is 0 Å². The molecular weight excluding hydrogens is 330 g/mol. The summed E-state index contributed by atoms with van der Waals surface area (Å²) in [6.45, 7) is 4.75. The van der Waals surface area contributed by atoms with Crippen molar-refractivity contribution in [3.05, 3.63) is 53.6 Å². The number of hydrogen-bond donors (Lipinski definition) is 0. The van der Waals surface area contributed by atoms with Gasteiger partial charge in [-0.1, -0.05) is 18.2 Å². The molecule has 3 rings (SSSR count). The molecule has 0 atom stereocenters. The lowest BCUT2D eigenvalue weighted by atomic mass is 10.1. The van der Waals surface area contributed by atoms with Crippen LogP contribution in [0.2, 0.25) is 0 Å². The molecule has 5 heteroatoms. The van der Waals surface area contributed by atoms with Crippen LogP contribution in [0.25, 0.3) is 0 Å². The van der Waals surface area contributed by atoms with Crippen molar-refractivity contribution < 1.29 is 19.1 Å². The van der Waals surface area contributed by atoms with Crippen LogP contribution in [0.15, 0.2) is 42.5 Å². The molecule has 1 heterocycles. The molecule has 0 N–H and O–H groups in total. The van der Waals surface area contributed by atoms with E-state index in [1.54, 1.807) is 23.1 Å². The van der Waals surface area contributed by atoms with E-state index in [0.29, 0.717) is 30.2 Å². The van der Waals surface area contributed by atoms with Gasteiger partial charge in [0, 0.05) is 12.1 Å². The topological polar surface area (TPSA) is 55.8 Å². The molecule has 136 valence electrons. The van der Waals surface area contributed by atoms with Crippen molar-refractivity contribution >= 4 is 17.4 Å². The Morgan fingerprint density at radius 2 is 2.00 bits per heavy atom. The predicted molar refractivity (Wildman–Crippen MR) is 100 cm³/mol. The van der Waals surface area contributed by atoms with Crippen molar-refractivity contribution in [2.75, 3.05) is 24.7 Å². The van der Waals surface area contributed by atoms with Crippen LogP contribution in [-0.2, 0) is 4.79 Å². The first-order chi connectivity index (χ1) is 12.6. The number of aryl methyl sites for hydroxylation is 1. The standard InChI is InChI=1S/C21H23NO4/c1-15-7-3-4-8-19(15)25-12-6-5-11-22-18-13-17(16(2)23)9-10-20(18)26-14-21(22)24/h3-4,7-10,13H,5-6,11-12,14H2,1-2H3. The highest BCUT2D eigenvalue weighted by Gasteiger charge is 2.25. The van der Waals surface area contributed by atoms with E-state index in [0.717, 1.165) is 24.2 Å². The summed E-state index contributed by atoms with van der Waals surface area (Å²) >= 11 is 0. The molecule has 5 nitrogen and oxygen atoms in total. The van der Waals surface area contributed by atoms with E-state index in [2.05, 4.69) is 0 Å². The highest BCUT2D eigenvalue weighted by Crippen LogP contribution is 2.33. The minimum absolute atomic E-state index is 0.0302. The second-order valence-electron chi connectivity index (χ2n) is 6.39. The van der Waals surface area contributed by atoms with Gasteiger partial charge in [0.2, 0.25) is 0 Å². The van der Waals surface area contributed by atoms with Crippen LogP contribution >= 0.6 is 0 Å². The van der Waals surface area contributed by atoms with Crippen LogP contribution in [0.1, 0.15) is 35.7 Å². The van der Waals surface area contributed by atoms with E-state index >= 15 is 0 Å². The molecule has 0 radical (unpaired) electrons. The van der Waals surface area contributed by atoms with E-state index < -0.39 is 0 Å². The zero-order chi connectivity index (χ0) is 18.5. The van der Waals surface area contributed by atoms with Crippen LogP contribution in [0, 0.1) is 6.92 Å². The summed E-state index contributed by atoms with van der Waals surface area (Å²) in [4.78, 5) is 25.6. The Labute approximate surface area is 153 Å². The number of anilines is 1. The Kier molecular flexibility index (Phi) is 5.56. The number of carbonyl (C=O) groups excluding carboxylic acids is 2. The zero-order valence-corrected chi connectivity index (χ0v) is 15.2. The van der Waals surface area contributed by atoms with Crippen LogP contribution in [0.5, 0.6) is 11.5 Å². The minimum Gasteiger partial charge on any atom is -0.493 e. The molecule has 2 aromatic carbocycles. The summed E-state index contributed by atoms with van der Waals surface area (Å²) in [5.41, 5.74) is 2.37. The van der Waals surface area contributed by atoms with E-state index in [4.69, 9.17) is 9.47 Å². The molecule has 26 heavy (non-hydrogen) atoms. The van der Waals surface area contributed by atoms with Gasteiger partial charge >= 0.3 is 0 Å². The summed E-state index contributed by atoms with van der Waals surface area (Å²) in [6.07, 6.45) is 1.64. The van der Waals surface area contributed by atoms with Gasteiger partial charge in [-0.05, 0) is 56.5 Å². The van der Waals surface area contributed by atoms with Crippen LogP contribution < -0.4 is 14.4 Å². The number of carbonyl (C=O) groups is 2. The number of fused-ring (bicyclic) bond motifs is 1. The summed E-state index contributed by atoms with van der Waals surface area (Å²) < 4.78 is 11.3. The van der Waals surface area contributed by atoms with Crippen molar-refractivity contribution in [3.8, 4) is 11.5 Å². The third kappa shape index (κ3) is 4.04. The molecule has 0 saturated heterocycles. The Bertz CT molecular complexity index is 815. The van der Waals surface area contributed by atoms with Crippen molar-refractivity contribution in [1.82, 2.24) is 0 Å². The van der Waals surface area contributed by atoms with Gasteiger partial charge in [0.1, 0.15) is 11.5 Å². The molecule has 2 aromatic rings. The first-order valence-electron chi connectivity index (χ1n) is 8.83. The maximum atomic E-state index is 12.3. The fourth-order valence-corrected chi connectivity index (χ4v) is 2.94. The van der Waals surface area contributed by atoms with Crippen LogP contribution in [0.4, 0.5) is 5.69 Å². The summed E-state index contributed by atoms with van der Waals surface area (Å²) in [6, 6.07) is 13.1. The van der Waals surface area contributed by atoms with E-state index in [1.807, 2.05) is 31.2 Å². The van der Waals surface area contributed by atoms with Gasteiger partial charge in [-0.25, -0.2) is 0 Å². The van der Waals surface area contributed by atoms with E-state index in [9.17, 15) is 9.59 Å². The van der Waals surface area contributed by atoms with Gasteiger partial charge in [-0.15, -0.1) is 0 Å². The Balaban J connectivity index is 1.58. The Morgan fingerprint density at radius 3 is 2.77 bits per heavy atom. The first-order valence-corrected chi connectivity index (χ1v) is 8.83. The number of nitrogens with zero attached hydrogens (tertiary/aromatic N) is 1. The third-order valence-electron chi connectivity index (χ3n) is 4.44. The highest BCUT2D eigenvalue weighted by atomic mass is 16.5. The lowest BCUT2D eigenvalue weighted by Gasteiger charge is -2.29. The molecule has 0 saturated carbocycles. The molecule has 0 aliphatic carbocycles. The van der Waals surface area contributed by atoms with Crippen molar-refractivity contribution in [3.63, 3.8) is 0 Å². The first kappa shape index (κ1) is 18.0. The zero-order valence-electron chi connectivity index (χ0n) is 15.2. The number of rotatable bonds is 7. The van der Waals surface area contributed by atoms with Crippen LogP contribution in [-0.4, -0.2) is 31.4 Å². The molecular formula is C21H23NO4. The van der Waals surface area contributed by atoms with Gasteiger partial charge in [-0.3, -0.25) is 9.59 Å². The van der Waals surface area contributed by atoms with Gasteiger partial charge in [0.05, 0.1) is 12.3 Å². The molecule has 0 unspecified atom stereocenters.